The van der Waals surface area contributed by atoms with E-state index in [-0.39, 0.29) is 30.6 Å². The lowest BCUT2D eigenvalue weighted by Crippen LogP contribution is -2.53. The monoisotopic (exact) mass is 481 g/mol. The normalized spacial score (nSPS) is 12.3. The number of sulfonamides is 1. The van der Waals surface area contributed by atoms with Crippen molar-refractivity contribution >= 4 is 27.5 Å². The third-order valence-corrected chi connectivity index (χ3v) is 6.02. The summed E-state index contributed by atoms with van der Waals surface area (Å²) in [5, 5.41) is 2.78. The highest BCUT2D eigenvalue weighted by molar-refractivity contribution is 7.92. The van der Waals surface area contributed by atoms with Crippen LogP contribution in [-0.2, 0) is 26.2 Å². The summed E-state index contributed by atoms with van der Waals surface area (Å²) >= 11 is 0. The molecule has 0 aromatic heterocycles. The predicted molar refractivity (Wildman–Crippen MR) is 123 cm³/mol. The number of hydrogen-bond donors (Lipinski definition) is 1. The number of nitrogens with one attached hydrogen (secondary N) is 1. The maximum atomic E-state index is 13.4. The number of amides is 2. The van der Waals surface area contributed by atoms with Crippen molar-refractivity contribution in [2.45, 2.75) is 45.8 Å². The summed E-state index contributed by atoms with van der Waals surface area (Å²) in [6, 6.07) is 9.16. The molecule has 33 heavy (non-hydrogen) atoms. The molecule has 180 valence electrons. The zero-order valence-electron chi connectivity index (χ0n) is 19.1. The molecule has 1 atom stereocenters. The third kappa shape index (κ3) is 7.52. The molecule has 2 amide bonds. The Kier molecular flexibility index (Phi) is 8.92. The lowest BCUT2D eigenvalue weighted by Gasteiger charge is -2.33. The summed E-state index contributed by atoms with van der Waals surface area (Å²) in [6.45, 7) is 4.71. The van der Waals surface area contributed by atoms with Crippen molar-refractivity contribution in [1.29, 1.82) is 0 Å². The number of carbonyl (C=O) groups is 2. The van der Waals surface area contributed by atoms with Gasteiger partial charge in [-0.3, -0.25) is 13.9 Å². The van der Waals surface area contributed by atoms with Crippen molar-refractivity contribution in [2.75, 3.05) is 17.1 Å². The molecule has 0 aliphatic heterocycles. The topological polar surface area (TPSA) is 86.8 Å². The van der Waals surface area contributed by atoms with E-state index in [9.17, 15) is 26.8 Å². The van der Waals surface area contributed by atoms with Crippen LogP contribution in [0, 0.1) is 11.6 Å². The Hall–Kier alpha value is -3.01. The number of anilines is 1. The van der Waals surface area contributed by atoms with Gasteiger partial charge in [-0.05, 0) is 62.2 Å². The number of nitrogens with zero attached hydrogens (tertiary/aromatic N) is 2. The number of hydrogen-bond acceptors (Lipinski definition) is 4. The summed E-state index contributed by atoms with van der Waals surface area (Å²) in [4.78, 5) is 27.5. The van der Waals surface area contributed by atoms with Crippen LogP contribution in [0.15, 0.2) is 48.5 Å². The molecular formula is C23H29F2N3O4S. The second kappa shape index (κ2) is 11.2. The molecule has 0 spiro atoms. The van der Waals surface area contributed by atoms with E-state index < -0.39 is 40.2 Å². The van der Waals surface area contributed by atoms with Gasteiger partial charge in [-0.15, -0.1) is 0 Å². The number of benzene rings is 2. The summed E-state index contributed by atoms with van der Waals surface area (Å²) in [5.74, 6) is -2.00. The molecule has 0 radical (unpaired) electrons. The highest BCUT2D eigenvalue weighted by Crippen LogP contribution is 2.20. The first-order chi connectivity index (χ1) is 15.4. The van der Waals surface area contributed by atoms with Gasteiger partial charge in [-0.25, -0.2) is 17.2 Å². The van der Waals surface area contributed by atoms with Crippen LogP contribution in [0.25, 0.3) is 0 Å². The van der Waals surface area contributed by atoms with Crippen molar-refractivity contribution in [3.8, 4) is 0 Å². The molecule has 0 fully saturated rings. The highest BCUT2D eigenvalue weighted by Gasteiger charge is 2.31. The van der Waals surface area contributed by atoms with Gasteiger partial charge in [0.2, 0.25) is 21.8 Å². The minimum atomic E-state index is -3.90. The molecule has 2 rings (SSSR count). The average Bonchev–Trinajstić information content (AvgIpc) is 2.72. The molecule has 1 unspecified atom stereocenters. The first-order valence-corrected chi connectivity index (χ1v) is 12.3. The Morgan fingerprint density at radius 1 is 0.970 bits per heavy atom. The van der Waals surface area contributed by atoms with Crippen LogP contribution in [0.1, 0.15) is 32.8 Å². The zero-order valence-corrected chi connectivity index (χ0v) is 19.9. The lowest BCUT2D eigenvalue weighted by atomic mass is 10.1. The van der Waals surface area contributed by atoms with E-state index in [1.165, 1.54) is 41.3 Å². The number of halogens is 2. The highest BCUT2D eigenvalue weighted by atomic mass is 32.2. The molecule has 10 heteroatoms. The van der Waals surface area contributed by atoms with E-state index in [0.29, 0.717) is 5.56 Å². The average molecular weight is 482 g/mol. The Balaban J connectivity index is 2.42. The van der Waals surface area contributed by atoms with E-state index in [2.05, 4.69) is 5.32 Å². The largest absolute Gasteiger partial charge is 0.352 e. The fourth-order valence-corrected chi connectivity index (χ4v) is 4.16. The van der Waals surface area contributed by atoms with Crippen LogP contribution in [0.4, 0.5) is 14.5 Å². The summed E-state index contributed by atoms with van der Waals surface area (Å²) in [5.41, 5.74) is 0.696. The Morgan fingerprint density at radius 2 is 1.48 bits per heavy atom. The van der Waals surface area contributed by atoms with Crippen LogP contribution < -0.4 is 9.62 Å². The van der Waals surface area contributed by atoms with E-state index in [4.69, 9.17) is 0 Å². The van der Waals surface area contributed by atoms with Gasteiger partial charge < -0.3 is 10.2 Å². The summed E-state index contributed by atoms with van der Waals surface area (Å²) < 4.78 is 52.4. The molecule has 0 saturated carbocycles. The maximum Gasteiger partial charge on any atom is 0.244 e. The number of rotatable bonds is 10. The van der Waals surface area contributed by atoms with Gasteiger partial charge in [0.1, 0.15) is 24.2 Å². The zero-order chi connectivity index (χ0) is 24.8. The Bertz CT molecular complexity index is 1060. The molecule has 0 bridgehead atoms. The Labute approximate surface area is 193 Å². The summed E-state index contributed by atoms with van der Waals surface area (Å²) in [7, 11) is -3.90. The van der Waals surface area contributed by atoms with Gasteiger partial charge in [0.25, 0.3) is 0 Å². The van der Waals surface area contributed by atoms with Gasteiger partial charge in [-0.2, -0.15) is 0 Å². The van der Waals surface area contributed by atoms with Crippen molar-refractivity contribution in [2.24, 2.45) is 0 Å². The second-order valence-electron chi connectivity index (χ2n) is 7.98. The SMILES string of the molecule is CCC(C(=O)NC(C)C)N(Cc1ccc(F)cc1)C(=O)CN(c1ccc(F)cc1)S(C)(=O)=O. The first kappa shape index (κ1) is 26.2. The van der Waals surface area contributed by atoms with Crippen LogP contribution in [0.2, 0.25) is 0 Å². The predicted octanol–water partition coefficient (Wildman–Crippen LogP) is 3.06. The van der Waals surface area contributed by atoms with Crippen molar-refractivity contribution in [3.05, 3.63) is 65.7 Å². The van der Waals surface area contributed by atoms with Crippen molar-refractivity contribution in [3.63, 3.8) is 0 Å². The lowest BCUT2D eigenvalue weighted by molar-refractivity contribution is -0.140. The molecule has 0 heterocycles. The molecular weight excluding hydrogens is 452 g/mol. The standard InChI is InChI=1S/C23H29F2N3O4S/c1-5-21(23(30)26-16(2)3)27(14-17-6-8-18(24)9-7-17)22(29)15-28(33(4,31)32)20-12-10-19(25)11-13-20/h6-13,16,21H,5,14-15H2,1-4H3,(H,26,30). The van der Waals surface area contributed by atoms with Crippen LogP contribution in [0.3, 0.4) is 0 Å². The fraction of sp³-hybridized carbons (Fsp3) is 0.391. The van der Waals surface area contributed by atoms with Crippen LogP contribution in [0.5, 0.6) is 0 Å². The van der Waals surface area contributed by atoms with E-state index >= 15 is 0 Å². The van der Waals surface area contributed by atoms with E-state index in [0.717, 1.165) is 22.7 Å². The minimum absolute atomic E-state index is 0.0237. The Morgan fingerprint density at radius 3 is 1.94 bits per heavy atom. The molecule has 0 aliphatic carbocycles. The van der Waals surface area contributed by atoms with Crippen LogP contribution in [-0.4, -0.2) is 50.0 Å². The van der Waals surface area contributed by atoms with Gasteiger partial charge in [0.15, 0.2) is 0 Å². The third-order valence-electron chi connectivity index (χ3n) is 4.88. The second-order valence-corrected chi connectivity index (χ2v) is 9.89. The van der Waals surface area contributed by atoms with Crippen molar-refractivity contribution < 1.29 is 26.8 Å². The molecule has 2 aromatic carbocycles. The van der Waals surface area contributed by atoms with Crippen LogP contribution >= 0.6 is 0 Å². The minimum Gasteiger partial charge on any atom is -0.352 e. The quantitative estimate of drug-likeness (QED) is 0.565. The first-order valence-electron chi connectivity index (χ1n) is 10.5. The van der Waals surface area contributed by atoms with Gasteiger partial charge in [0, 0.05) is 12.6 Å². The van der Waals surface area contributed by atoms with Gasteiger partial charge in [-0.1, -0.05) is 19.1 Å². The molecule has 2 aromatic rings. The smallest absolute Gasteiger partial charge is 0.244 e. The van der Waals surface area contributed by atoms with Gasteiger partial charge >= 0.3 is 0 Å². The van der Waals surface area contributed by atoms with Crippen molar-refractivity contribution in [1.82, 2.24) is 10.2 Å². The van der Waals surface area contributed by atoms with E-state index in [1.807, 2.05) is 0 Å². The maximum absolute atomic E-state index is 13.4. The van der Waals surface area contributed by atoms with E-state index in [1.54, 1.807) is 20.8 Å². The molecule has 1 N–H and O–H groups in total. The summed E-state index contributed by atoms with van der Waals surface area (Å²) in [6.07, 6.45) is 1.22. The number of carbonyl (C=O) groups excluding carboxylic acids is 2. The molecule has 0 saturated heterocycles. The van der Waals surface area contributed by atoms with Gasteiger partial charge in [0.05, 0.1) is 11.9 Å². The fourth-order valence-electron chi connectivity index (χ4n) is 3.31. The molecule has 7 nitrogen and oxygen atoms in total. The molecule has 0 aliphatic rings.